The molecule has 3 rings (SSSR count). The topological polar surface area (TPSA) is 26.0 Å². The number of hydrogen-bond acceptors (Lipinski definition) is 2. The normalized spacial score (nSPS) is 12.4. The van der Waals surface area contributed by atoms with Gasteiger partial charge < -0.3 is 0 Å². The molecule has 0 bridgehead atoms. The second kappa shape index (κ2) is 4.10. The molecular formula is C14H14BrGeNO. The minimum atomic E-state index is -1.80. The van der Waals surface area contributed by atoms with Crippen molar-refractivity contribution in [3.05, 3.63) is 35.1 Å². The summed E-state index contributed by atoms with van der Waals surface area (Å²) >= 11 is 1.64. The molecule has 18 heavy (non-hydrogen) atoms. The van der Waals surface area contributed by atoms with Gasteiger partial charge in [-0.3, -0.25) is 0 Å². The van der Waals surface area contributed by atoms with Crippen LogP contribution in [-0.4, -0.2) is 18.3 Å². The van der Waals surface area contributed by atoms with E-state index in [1.165, 1.54) is 9.78 Å². The first-order valence-electron chi connectivity index (χ1n) is 5.94. The van der Waals surface area contributed by atoms with Crippen LogP contribution in [0.25, 0.3) is 21.9 Å². The van der Waals surface area contributed by atoms with Crippen molar-refractivity contribution in [1.29, 1.82) is 0 Å². The van der Waals surface area contributed by atoms with Gasteiger partial charge in [0.05, 0.1) is 0 Å². The Balaban J connectivity index is 2.40. The third-order valence-electron chi connectivity index (χ3n) is 3.21. The summed E-state index contributed by atoms with van der Waals surface area (Å²) in [5.41, 5.74) is 1.78. The number of nitrogens with zero attached hydrogens (tertiary/aromatic N) is 1. The fraction of sp³-hybridized carbons (Fsp3) is 0.214. The molecule has 3 aromatic rings. The van der Waals surface area contributed by atoms with Crippen LogP contribution in [0.1, 0.15) is 0 Å². The molecule has 0 N–H and O–H groups in total. The first-order chi connectivity index (χ1) is 8.47. The van der Waals surface area contributed by atoms with Crippen molar-refractivity contribution in [2.45, 2.75) is 17.3 Å². The van der Waals surface area contributed by atoms with E-state index >= 15 is 0 Å². The Morgan fingerprint density at radius 3 is 2.61 bits per heavy atom. The van der Waals surface area contributed by atoms with E-state index in [-0.39, 0.29) is 0 Å². The van der Waals surface area contributed by atoms with Crippen molar-refractivity contribution >= 4 is 55.5 Å². The first kappa shape index (κ1) is 12.2. The Hall–Kier alpha value is -0.807. The molecule has 2 aromatic heterocycles. The van der Waals surface area contributed by atoms with Crippen molar-refractivity contribution in [1.82, 2.24) is 4.98 Å². The molecule has 0 saturated heterocycles. The van der Waals surface area contributed by atoms with Crippen molar-refractivity contribution < 1.29 is 4.42 Å². The molecule has 0 fully saturated rings. The van der Waals surface area contributed by atoms with Crippen molar-refractivity contribution in [2.75, 3.05) is 0 Å². The number of aromatic nitrogens is 1. The quantitative estimate of drug-likeness (QED) is 0.475. The van der Waals surface area contributed by atoms with Gasteiger partial charge >= 0.3 is 117 Å². The SMILES string of the molecule is [CH3][Ge]([CH3])([CH3])[c]1ccc2oc3c(Br)nccc3c2c1. The third kappa shape index (κ3) is 1.89. The van der Waals surface area contributed by atoms with E-state index in [2.05, 4.69) is 56.4 Å². The number of halogens is 1. The van der Waals surface area contributed by atoms with E-state index in [9.17, 15) is 0 Å². The molecule has 0 aliphatic carbocycles. The van der Waals surface area contributed by atoms with Crippen molar-refractivity contribution in [3.63, 3.8) is 0 Å². The predicted octanol–water partition coefficient (Wildman–Crippen LogP) is 4.29. The minimum absolute atomic E-state index is 0.773. The molecule has 4 heteroatoms. The second-order valence-electron chi connectivity index (χ2n) is 5.54. The molecule has 0 spiro atoms. The Labute approximate surface area is 117 Å². The van der Waals surface area contributed by atoms with Gasteiger partial charge in [0.2, 0.25) is 0 Å². The second-order valence-corrected chi connectivity index (χ2v) is 16.9. The van der Waals surface area contributed by atoms with Crippen LogP contribution >= 0.6 is 15.9 Å². The molecule has 1 aromatic carbocycles. The zero-order valence-corrected chi connectivity index (χ0v) is 14.3. The molecule has 0 aliphatic heterocycles. The predicted molar refractivity (Wildman–Crippen MR) is 82.2 cm³/mol. The average Bonchev–Trinajstić information content (AvgIpc) is 2.67. The molecule has 0 radical (unpaired) electrons. The zero-order valence-electron chi connectivity index (χ0n) is 10.6. The number of pyridine rings is 1. The van der Waals surface area contributed by atoms with E-state index in [1.807, 2.05) is 12.3 Å². The van der Waals surface area contributed by atoms with Crippen LogP contribution in [0.15, 0.2) is 39.5 Å². The summed E-state index contributed by atoms with van der Waals surface area (Å²) in [6.45, 7) is 0. The van der Waals surface area contributed by atoms with E-state index in [0.717, 1.165) is 21.2 Å². The molecule has 0 saturated carbocycles. The van der Waals surface area contributed by atoms with Gasteiger partial charge in [0, 0.05) is 0 Å². The Morgan fingerprint density at radius 2 is 1.89 bits per heavy atom. The first-order valence-corrected chi connectivity index (χ1v) is 14.1. The van der Waals surface area contributed by atoms with Crippen LogP contribution < -0.4 is 4.40 Å². The van der Waals surface area contributed by atoms with Gasteiger partial charge in [-0.05, 0) is 0 Å². The molecule has 0 aliphatic rings. The van der Waals surface area contributed by atoms with Gasteiger partial charge in [-0.15, -0.1) is 0 Å². The fourth-order valence-corrected chi connectivity index (χ4v) is 4.99. The molecule has 0 atom stereocenters. The maximum absolute atomic E-state index is 5.86. The van der Waals surface area contributed by atoms with E-state index < -0.39 is 13.3 Å². The van der Waals surface area contributed by atoms with E-state index in [1.54, 1.807) is 0 Å². The standard InChI is InChI=1S/C14H14BrGeNO/c1-16(2,3)9-4-5-12-11(8-9)10-6-7-17-14(15)13(10)18-12/h4-8H,1-3H3. The monoisotopic (exact) mass is 365 g/mol. The number of benzene rings is 1. The molecule has 0 unspecified atom stereocenters. The molecular weight excluding hydrogens is 351 g/mol. The Kier molecular flexibility index (Phi) is 2.79. The van der Waals surface area contributed by atoms with Gasteiger partial charge in [0.1, 0.15) is 0 Å². The summed E-state index contributed by atoms with van der Waals surface area (Å²) < 4.78 is 8.13. The summed E-state index contributed by atoms with van der Waals surface area (Å²) in [6.07, 6.45) is 1.81. The molecule has 0 amide bonds. The van der Waals surface area contributed by atoms with Crippen LogP contribution in [0.5, 0.6) is 0 Å². The summed E-state index contributed by atoms with van der Waals surface area (Å²) in [7, 11) is 0. The van der Waals surface area contributed by atoms with Gasteiger partial charge in [0.15, 0.2) is 0 Å². The summed E-state index contributed by atoms with van der Waals surface area (Å²) in [5.74, 6) is 7.21. The van der Waals surface area contributed by atoms with Gasteiger partial charge in [-0.2, -0.15) is 0 Å². The van der Waals surface area contributed by atoms with Crippen molar-refractivity contribution in [2.24, 2.45) is 0 Å². The van der Waals surface area contributed by atoms with Gasteiger partial charge in [-0.1, -0.05) is 0 Å². The summed E-state index contributed by atoms with van der Waals surface area (Å²) in [5, 5.41) is 2.34. The molecule has 2 heterocycles. The van der Waals surface area contributed by atoms with Gasteiger partial charge in [0.25, 0.3) is 0 Å². The Morgan fingerprint density at radius 1 is 1.11 bits per heavy atom. The third-order valence-corrected chi connectivity index (χ3v) is 8.06. The van der Waals surface area contributed by atoms with Crippen LogP contribution in [0, 0.1) is 0 Å². The number of furan rings is 1. The number of fused-ring (bicyclic) bond motifs is 3. The fourth-order valence-electron chi connectivity index (χ4n) is 2.14. The van der Waals surface area contributed by atoms with Crippen LogP contribution in [0.2, 0.25) is 17.3 Å². The number of rotatable bonds is 1. The molecule has 2 nitrogen and oxygen atoms in total. The van der Waals surface area contributed by atoms with E-state index in [0.29, 0.717) is 0 Å². The van der Waals surface area contributed by atoms with Crippen molar-refractivity contribution in [3.8, 4) is 0 Å². The van der Waals surface area contributed by atoms with Crippen LogP contribution in [0.4, 0.5) is 0 Å². The van der Waals surface area contributed by atoms with Gasteiger partial charge in [-0.25, -0.2) is 0 Å². The zero-order chi connectivity index (χ0) is 12.9. The average molecular weight is 365 g/mol. The maximum atomic E-state index is 5.86. The molecule has 92 valence electrons. The van der Waals surface area contributed by atoms with Crippen LogP contribution in [0.3, 0.4) is 0 Å². The van der Waals surface area contributed by atoms with E-state index in [4.69, 9.17) is 4.42 Å². The Bertz CT molecular complexity index is 742. The number of hydrogen-bond donors (Lipinski definition) is 0. The van der Waals surface area contributed by atoms with Crippen LogP contribution in [-0.2, 0) is 0 Å². The summed E-state index contributed by atoms with van der Waals surface area (Å²) in [6, 6.07) is 8.62. The summed E-state index contributed by atoms with van der Waals surface area (Å²) in [4.78, 5) is 4.21.